The summed E-state index contributed by atoms with van der Waals surface area (Å²) in [4.78, 5) is 2.45. The van der Waals surface area contributed by atoms with Crippen LogP contribution in [0.15, 0.2) is 199 Å². The lowest BCUT2D eigenvalue weighted by Crippen LogP contribution is -2.12. The van der Waals surface area contributed by atoms with Crippen molar-refractivity contribution < 1.29 is 4.42 Å². The van der Waals surface area contributed by atoms with Crippen LogP contribution in [0.4, 0.5) is 17.1 Å². The first kappa shape index (κ1) is 29.6. The molecule has 248 valence electrons. The maximum atomic E-state index is 6.40. The SMILES string of the molecule is c1cc(N(c2ccccc2-c2ccc3c(c2)oc2ccccc23)c2cccc3ccc4ccccc4c23)cc(-n2c3ccccc3c3ccccc32)c1. The first-order valence-corrected chi connectivity index (χ1v) is 18.1. The fraction of sp³-hybridized carbons (Fsp3) is 0. The molecule has 11 rings (SSSR count). The van der Waals surface area contributed by atoms with E-state index < -0.39 is 0 Å². The monoisotopic (exact) mass is 676 g/mol. The van der Waals surface area contributed by atoms with Crippen LogP contribution >= 0.6 is 0 Å². The molecule has 9 aromatic carbocycles. The van der Waals surface area contributed by atoms with Crippen LogP contribution < -0.4 is 4.90 Å². The van der Waals surface area contributed by atoms with E-state index in [1.807, 2.05) is 12.1 Å². The van der Waals surface area contributed by atoms with Crippen molar-refractivity contribution in [3.63, 3.8) is 0 Å². The van der Waals surface area contributed by atoms with Crippen LogP contribution in [0.2, 0.25) is 0 Å². The fourth-order valence-corrected chi connectivity index (χ4v) is 8.41. The number of hydrogen-bond acceptors (Lipinski definition) is 2. The standard InChI is InChI=1S/C50H32N2O/c1-2-18-39-33(13-1)27-28-34-14-11-25-47(50(34)39)52(37-16-12-15-36(32-37)51-45-23-8-4-19-40(45)41-20-5-9-24-46(41)51)44-22-7-3-17-38(44)35-29-30-43-42-21-6-10-26-48(42)53-49(43)31-35/h1-32H. The highest BCUT2D eigenvalue weighted by atomic mass is 16.3. The van der Waals surface area contributed by atoms with Gasteiger partial charge in [0.2, 0.25) is 0 Å². The van der Waals surface area contributed by atoms with Crippen molar-refractivity contribution in [3.8, 4) is 16.8 Å². The maximum absolute atomic E-state index is 6.40. The van der Waals surface area contributed by atoms with Gasteiger partial charge in [0.05, 0.1) is 22.4 Å². The summed E-state index contributed by atoms with van der Waals surface area (Å²) in [6.45, 7) is 0. The average Bonchev–Trinajstić information content (AvgIpc) is 3.77. The molecule has 0 bridgehead atoms. The zero-order valence-electron chi connectivity index (χ0n) is 28.8. The zero-order valence-corrected chi connectivity index (χ0v) is 28.8. The maximum Gasteiger partial charge on any atom is 0.136 e. The molecular formula is C50H32N2O. The van der Waals surface area contributed by atoms with Gasteiger partial charge in [0.1, 0.15) is 11.2 Å². The average molecular weight is 677 g/mol. The van der Waals surface area contributed by atoms with Gasteiger partial charge < -0.3 is 13.9 Å². The van der Waals surface area contributed by atoms with Gasteiger partial charge in [-0.2, -0.15) is 0 Å². The molecule has 53 heavy (non-hydrogen) atoms. The van der Waals surface area contributed by atoms with E-state index >= 15 is 0 Å². The van der Waals surface area contributed by atoms with E-state index in [0.29, 0.717) is 0 Å². The third kappa shape index (κ3) is 4.61. The lowest BCUT2D eigenvalue weighted by Gasteiger charge is -2.30. The minimum absolute atomic E-state index is 0.884. The van der Waals surface area contributed by atoms with E-state index in [1.54, 1.807) is 0 Å². The van der Waals surface area contributed by atoms with Gasteiger partial charge in [-0.15, -0.1) is 0 Å². The van der Waals surface area contributed by atoms with Crippen LogP contribution in [0, 0.1) is 0 Å². The highest BCUT2D eigenvalue weighted by Gasteiger charge is 2.22. The van der Waals surface area contributed by atoms with Gasteiger partial charge in [0.25, 0.3) is 0 Å². The van der Waals surface area contributed by atoms with Crippen molar-refractivity contribution >= 4 is 82.4 Å². The van der Waals surface area contributed by atoms with Crippen molar-refractivity contribution in [1.82, 2.24) is 4.57 Å². The third-order valence-corrected chi connectivity index (χ3v) is 10.7. The minimum Gasteiger partial charge on any atom is -0.456 e. The summed E-state index contributed by atoms with van der Waals surface area (Å²) < 4.78 is 8.80. The Morgan fingerprint density at radius 3 is 1.87 bits per heavy atom. The largest absolute Gasteiger partial charge is 0.456 e. The molecule has 3 heteroatoms. The van der Waals surface area contributed by atoms with Gasteiger partial charge in [0, 0.05) is 43.9 Å². The van der Waals surface area contributed by atoms with E-state index in [0.717, 1.165) is 55.8 Å². The number of furan rings is 1. The normalized spacial score (nSPS) is 11.8. The van der Waals surface area contributed by atoms with Crippen LogP contribution in [0.25, 0.3) is 82.1 Å². The summed E-state index contributed by atoms with van der Waals surface area (Å²) >= 11 is 0. The lowest BCUT2D eigenvalue weighted by atomic mass is 9.97. The van der Waals surface area contributed by atoms with E-state index in [-0.39, 0.29) is 0 Å². The first-order valence-electron chi connectivity index (χ1n) is 18.1. The first-order chi connectivity index (χ1) is 26.3. The van der Waals surface area contributed by atoms with Crippen molar-refractivity contribution in [2.45, 2.75) is 0 Å². The molecule has 0 fully saturated rings. The van der Waals surface area contributed by atoms with Crippen LogP contribution in [0.5, 0.6) is 0 Å². The number of para-hydroxylation sites is 4. The molecule has 2 heterocycles. The molecule has 0 aliphatic rings. The van der Waals surface area contributed by atoms with Gasteiger partial charge in [-0.1, -0.05) is 133 Å². The van der Waals surface area contributed by atoms with Crippen molar-refractivity contribution in [3.05, 3.63) is 194 Å². The van der Waals surface area contributed by atoms with Crippen LogP contribution in [-0.4, -0.2) is 4.57 Å². The Bertz CT molecular complexity index is 3150. The molecule has 0 unspecified atom stereocenters. The second kappa shape index (κ2) is 11.7. The number of benzene rings is 9. The third-order valence-electron chi connectivity index (χ3n) is 10.7. The van der Waals surface area contributed by atoms with Crippen LogP contribution in [0.3, 0.4) is 0 Å². The number of nitrogens with zero attached hydrogens (tertiary/aromatic N) is 2. The Hall–Kier alpha value is -7.10. The Labute approximate surface area is 306 Å². The summed E-state index contributed by atoms with van der Waals surface area (Å²) in [6, 6.07) is 69.9. The summed E-state index contributed by atoms with van der Waals surface area (Å²) in [5.41, 5.74) is 10.8. The Balaban J connectivity index is 1.19. The molecule has 0 aliphatic carbocycles. The summed E-state index contributed by atoms with van der Waals surface area (Å²) in [5.74, 6) is 0. The Morgan fingerprint density at radius 1 is 0.396 bits per heavy atom. The second-order valence-corrected chi connectivity index (χ2v) is 13.7. The molecule has 3 nitrogen and oxygen atoms in total. The van der Waals surface area contributed by atoms with Crippen molar-refractivity contribution in [1.29, 1.82) is 0 Å². The fourth-order valence-electron chi connectivity index (χ4n) is 8.41. The second-order valence-electron chi connectivity index (χ2n) is 13.7. The van der Waals surface area contributed by atoms with E-state index in [2.05, 4.69) is 191 Å². The van der Waals surface area contributed by atoms with Gasteiger partial charge in [-0.05, 0) is 82.4 Å². The smallest absolute Gasteiger partial charge is 0.136 e. The molecule has 0 N–H and O–H groups in total. The predicted octanol–water partition coefficient (Wildman–Crippen LogP) is 14.1. The number of aromatic nitrogens is 1. The molecule has 0 amide bonds. The van der Waals surface area contributed by atoms with Gasteiger partial charge in [-0.3, -0.25) is 0 Å². The number of fused-ring (bicyclic) bond motifs is 9. The molecule has 0 saturated heterocycles. The minimum atomic E-state index is 0.884. The number of hydrogen-bond donors (Lipinski definition) is 0. The van der Waals surface area contributed by atoms with Gasteiger partial charge in [-0.25, -0.2) is 0 Å². The van der Waals surface area contributed by atoms with Crippen LogP contribution in [-0.2, 0) is 0 Å². The molecule has 0 saturated carbocycles. The predicted molar refractivity (Wildman–Crippen MR) is 223 cm³/mol. The molecule has 0 radical (unpaired) electrons. The zero-order chi connectivity index (χ0) is 34.9. The lowest BCUT2D eigenvalue weighted by molar-refractivity contribution is 0.669. The Morgan fingerprint density at radius 2 is 1.02 bits per heavy atom. The quantitative estimate of drug-likeness (QED) is 0.169. The molecule has 0 aliphatic heterocycles. The molecule has 11 aromatic rings. The topological polar surface area (TPSA) is 21.3 Å². The highest BCUT2D eigenvalue weighted by molar-refractivity contribution is 6.16. The number of anilines is 3. The van der Waals surface area contributed by atoms with E-state index in [1.165, 1.54) is 43.4 Å². The van der Waals surface area contributed by atoms with E-state index in [4.69, 9.17) is 4.42 Å². The Kier molecular flexibility index (Phi) is 6.55. The molecule has 2 aromatic heterocycles. The van der Waals surface area contributed by atoms with Crippen molar-refractivity contribution in [2.75, 3.05) is 4.90 Å². The molecular weight excluding hydrogens is 645 g/mol. The summed E-state index contributed by atoms with van der Waals surface area (Å²) in [5, 5.41) is 9.61. The van der Waals surface area contributed by atoms with Crippen molar-refractivity contribution in [2.24, 2.45) is 0 Å². The highest BCUT2D eigenvalue weighted by Crippen LogP contribution is 2.46. The van der Waals surface area contributed by atoms with Crippen LogP contribution in [0.1, 0.15) is 0 Å². The molecule has 0 spiro atoms. The van der Waals surface area contributed by atoms with Gasteiger partial charge in [0.15, 0.2) is 0 Å². The number of rotatable bonds is 5. The summed E-state index contributed by atoms with van der Waals surface area (Å²) in [7, 11) is 0. The molecule has 0 atom stereocenters. The van der Waals surface area contributed by atoms with E-state index in [9.17, 15) is 0 Å². The van der Waals surface area contributed by atoms with Gasteiger partial charge >= 0.3 is 0 Å². The summed E-state index contributed by atoms with van der Waals surface area (Å²) in [6.07, 6.45) is 0.